The van der Waals surface area contributed by atoms with E-state index >= 15 is 0 Å². The SMILES string of the molecule is COc1ccc2[nH]c(-c3ccc4ccccc4c3)c(CCN(C)C)c2c1. The second kappa shape index (κ2) is 6.85. The maximum atomic E-state index is 5.45. The van der Waals surface area contributed by atoms with Crippen LogP contribution in [0.15, 0.2) is 60.7 Å². The lowest BCUT2D eigenvalue weighted by Gasteiger charge is -2.11. The number of fused-ring (bicyclic) bond motifs is 2. The molecular weight excluding hydrogens is 320 g/mol. The van der Waals surface area contributed by atoms with Gasteiger partial charge in [0.15, 0.2) is 0 Å². The zero-order valence-electron chi connectivity index (χ0n) is 15.5. The van der Waals surface area contributed by atoms with E-state index in [2.05, 4.69) is 78.6 Å². The number of benzene rings is 3. The normalized spacial score (nSPS) is 11.5. The number of likely N-dealkylation sites (N-methyl/N-ethyl adjacent to an activating group) is 1. The fraction of sp³-hybridized carbons (Fsp3) is 0.217. The standard InChI is InChI=1S/C23H24N2O/c1-25(2)13-12-20-21-15-19(26-3)10-11-22(21)24-23(20)18-9-8-16-6-4-5-7-17(16)14-18/h4-11,14-15,24H,12-13H2,1-3H3. The van der Waals surface area contributed by atoms with Crippen LogP contribution >= 0.6 is 0 Å². The quantitative estimate of drug-likeness (QED) is 0.545. The van der Waals surface area contributed by atoms with E-state index in [0.717, 1.165) is 24.2 Å². The van der Waals surface area contributed by atoms with Gasteiger partial charge in [-0.2, -0.15) is 0 Å². The highest BCUT2D eigenvalue weighted by atomic mass is 16.5. The fourth-order valence-corrected chi connectivity index (χ4v) is 3.54. The molecule has 3 aromatic carbocycles. The average Bonchev–Trinajstić information content (AvgIpc) is 3.03. The van der Waals surface area contributed by atoms with Crippen LogP contribution in [-0.2, 0) is 6.42 Å². The minimum atomic E-state index is 0.896. The first kappa shape index (κ1) is 16.7. The monoisotopic (exact) mass is 344 g/mol. The van der Waals surface area contributed by atoms with Gasteiger partial charge in [-0.3, -0.25) is 0 Å². The minimum absolute atomic E-state index is 0.896. The lowest BCUT2D eigenvalue weighted by Crippen LogP contribution is -2.15. The van der Waals surface area contributed by atoms with Gasteiger partial charge in [0.2, 0.25) is 0 Å². The first-order valence-electron chi connectivity index (χ1n) is 8.98. The summed E-state index contributed by atoms with van der Waals surface area (Å²) in [6.07, 6.45) is 0.988. The van der Waals surface area contributed by atoms with Gasteiger partial charge in [0.25, 0.3) is 0 Å². The van der Waals surface area contributed by atoms with E-state index < -0.39 is 0 Å². The highest BCUT2D eigenvalue weighted by Crippen LogP contribution is 2.34. The number of H-pyrrole nitrogens is 1. The predicted molar refractivity (Wildman–Crippen MR) is 110 cm³/mol. The Hall–Kier alpha value is -2.78. The molecule has 0 unspecified atom stereocenters. The number of ether oxygens (including phenoxy) is 1. The van der Waals surface area contributed by atoms with Crippen LogP contribution in [0, 0.1) is 0 Å². The lowest BCUT2D eigenvalue weighted by atomic mass is 10.00. The summed E-state index contributed by atoms with van der Waals surface area (Å²) in [4.78, 5) is 5.87. The Balaban J connectivity index is 1.89. The Kier molecular flexibility index (Phi) is 4.39. The molecule has 0 saturated carbocycles. The van der Waals surface area contributed by atoms with Crippen LogP contribution in [0.4, 0.5) is 0 Å². The van der Waals surface area contributed by atoms with Crippen molar-refractivity contribution in [2.45, 2.75) is 6.42 Å². The van der Waals surface area contributed by atoms with Crippen molar-refractivity contribution >= 4 is 21.7 Å². The van der Waals surface area contributed by atoms with Crippen molar-refractivity contribution in [1.29, 1.82) is 0 Å². The molecule has 3 heteroatoms. The fourth-order valence-electron chi connectivity index (χ4n) is 3.54. The molecular formula is C23H24N2O. The molecule has 0 aliphatic heterocycles. The third-order valence-electron chi connectivity index (χ3n) is 4.96. The number of methoxy groups -OCH3 is 1. The number of aromatic amines is 1. The summed E-state index contributed by atoms with van der Waals surface area (Å²) in [6.45, 7) is 1.00. The third-order valence-corrected chi connectivity index (χ3v) is 4.96. The van der Waals surface area contributed by atoms with Gasteiger partial charge >= 0.3 is 0 Å². The van der Waals surface area contributed by atoms with E-state index in [4.69, 9.17) is 4.74 Å². The van der Waals surface area contributed by atoms with E-state index in [0.29, 0.717) is 0 Å². The summed E-state index contributed by atoms with van der Waals surface area (Å²) >= 11 is 0. The van der Waals surface area contributed by atoms with E-state index in [1.54, 1.807) is 7.11 Å². The van der Waals surface area contributed by atoms with Crippen molar-refractivity contribution < 1.29 is 4.74 Å². The average molecular weight is 344 g/mol. The van der Waals surface area contributed by atoms with Crippen molar-refractivity contribution in [1.82, 2.24) is 9.88 Å². The van der Waals surface area contributed by atoms with Crippen LogP contribution in [0.3, 0.4) is 0 Å². The van der Waals surface area contributed by atoms with Gasteiger partial charge in [-0.25, -0.2) is 0 Å². The Labute approximate surface area is 154 Å². The number of hydrogen-bond acceptors (Lipinski definition) is 2. The molecule has 0 spiro atoms. The van der Waals surface area contributed by atoms with Crippen LogP contribution in [0.5, 0.6) is 5.75 Å². The molecule has 1 heterocycles. The third kappa shape index (κ3) is 3.06. The molecule has 4 rings (SSSR count). The van der Waals surface area contributed by atoms with Crippen LogP contribution in [-0.4, -0.2) is 37.6 Å². The summed E-state index contributed by atoms with van der Waals surface area (Å²) in [5.74, 6) is 0.896. The van der Waals surface area contributed by atoms with Crippen molar-refractivity contribution in [2.75, 3.05) is 27.7 Å². The number of rotatable bonds is 5. The summed E-state index contributed by atoms with van der Waals surface area (Å²) in [6, 6.07) is 21.4. The summed E-state index contributed by atoms with van der Waals surface area (Å²) < 4.78 is 5.45. The Morgan fingerprint density at radius 1 is 0.923 bits per heavy atom. The summed E-state index contributed by atoms with van der Waals surface area (Å²) in [7, 11) is 5.95. The first-order chi connectivity index (χ1) is 12.7. The molecule has 26 heavy (non-hydrogen) atoms. The van der Waals surface area contributed by atoms with E-state index in [1.807, 2.05) is 6.07 Å². The number of hydrogen-bond donors (Lipinski definition) is 1. The van der Waals surface area contributed by atoms with Crippen LogP contribution < -0.4 is 4.74 Å². The summed E-state index contributed by atoms with van der Waals surface area (Å²) in [5, 5.41) is 3.78. The molecule has 0 saturated heterocycles. The molecule has 0 fully saturated rings. The molecule has 0 atom stereocenters. The van der Waals surface area contributed by atoms with Crippen molar-refractivity contribution in [3.63, 3.8) is 0 Å². The maximum absolute atomic E-state index is 5.45. The molecule has 0 aliphatic rings. The molecule has 3 nitrogen and oxygen atoms in total. The second-order valence-electron chi connectivity index (χ2n) is 7.01. The topological polar surface area (TPSA) is 28.3 Å². The molecule has 0 bridgehead atoms. The van der Waals surface area contributed by atoms with Crippen molar-refractivity contribution in [2.24, 2.45) is 0 Å². The largest absolute Gasteiger partial charge is 0.497 e. The van der Waals surface area contributed by atoms with Gasteiger partial charge in [0, 0.05) is 23.1 Å². The Bertz CT molecular complexity index is 1060. The lowest BCUT2D eigenvalue weighted by molar-refractivity contribution is 0.413. The molecule has 132 valence electrons. The van der Waals surface area contributed by atoms with Crippen molar-refractivity contribution in [3.05, 3.63) is 66.2 Å². The minimum Gasteiger partial charge on any atom is -0.497 e. The highest BCUT2D eigenvalue weighted by Gasteiger charge is 2.14. The zero-order valence-corrected chi connectivity index (χ0v) is 15.5. The van der Waals surface area contributed by atoms with Gasteiger partial charge in [-0.15, -0.1) is 0 Å². The Morgan fingerprint density at radius 3 is 2.50 bits per heavy atom. The Morgan fingerprint density at radius 2 is 1.73 bits per heavy atom. The van der Waals surface area contributed by atoms with Crippen LogP contribution in [0.1, 0.15) is 5.56 Å². The van der Waals surface area contributed by atoms with E-state index in [-0.39, 0.29) is 0 Å². The molecule has 0 aliphatic carbocycles. The van der Waals surface area contributed by atoms with E-state index in [9.17, 15) is 0 Å². The first-order valence-corrected chi connectivity index (χ1v) is 8.98. The molecule has 1 N–H and O–H groups in total. The number of nitrogens with zero attached hydrogens (tertiary/aromatic N) is 1. The maximum Gasteiger partial charge on any atom is 0.119 e. The smallest absolute Gasteiger partial charge is 0.119 e. The highest BCUT2D eigenvalue weighted by molar-refractivity contribution is 5.94. The molecule has 0 amide bonds. The molecule has 4 aromatic rings. The van der Waals surface area contributed by atoms with Gasteiger partial charge in [0.1, 0.15) is 5.75 Å². The molecule has 0 radical (unpaired) electrons. The van der Waals surface area contributed by atoms with Gasteiger partial charge in [-0.05, 0) is 66.7 Å². The van der Waals surface area contributed by atoms with Gasteiger partial charge < -0.3 is 14.6 Å². The van der Waals surface area contributed by atoms with Crippen LogP contribution in [0.25, 0.3) is 32.9 Å². The molecule has 1 aromatic heterocycles. The van der Waals surface area contributed by atoms with Crippen LogP contribution in [0.2, 0.25) is 0 Å². The number of nitrogens with one attached hydrogen (secondary N) is 1. The van der Waals surface area contributed by atoms with Gasteiger partial charge in [0.05, 0.1) is 7.11 Å². The zero-order chi connectivity index (χ0) is 18.1. The predicted octanol–water partition coefficient (Wildman–Crippen LogP) is 5.10. The number of aromatic nitrogens is 1. The summed E-state index contributed by atoms with van der Waals surface area (Å²) in [5.41, 5.74) is 4.94. The van der Waals surface area contributed by atoms with Gasteiger partial charge in [-0.1, -0.05) is 36.4 Å². The van der Waals surface area contributed by atoms with Crippen molar-refractivity contribution in [3.8, 4) is 17.0 Å². The second-order valence-corrected chi connectivity index (χ2v) is 7.01. The van der Waals surface area contributed by atoms with E-state index in [1.165, 1.54) is 33.0 Å².